The Labute approximate surface area is 171 Å². The van der Waals surface area contributed by atoms with E-state index in [1.165, 1.54) is 13.2 Å². The highest BCUT2D eigenvalue weighted by Gasteiger charge is 2.29. The lowest BCUT2D eigenvalue weighted by molar-refractivity contribution is -0.151. The average Bonchev–Trinajstić information content (AvgIpc) is 2.66. The van der Waals surface area contributed by atoms with E-state index in [0.29, 0.717) is 28.7 Å². The van der Waals surface area contributed by atoms with Crippen molar-refractivity contribution >= 4 is 29.6 Å². The van der Waals surface area contributed by atoms with Crippen LogP contribution in [0.15, 0.2) is 18.2 Å². The van der Waals surface area contributed by atoms with Crippen LogP contribution in [0.2, 0.25) is 5.02 Å². The SMILES string of the molecule is CCOc1c(Cl)cc(/C=C/C(=O)OCC(=O)N2[C@@H](C)CCC[C@@H]2C)cc1OC. The van der Waals surface area contributed by atoms with Crippen LogP contribution in [0, 0.1) is 0 Å². The van der Waals surface area contributed by atoms with E-state index in [9.17, 15) is 9.59 Å². The number of methoxy groups -OCH3 is 1. The number of esters is 1. The maximum absolute atomic E-state index is 12.4. The maximum atomic E-state index is 12.4. The summed E-state index contributed by atoms with van der Waals surface area (Å²) < 4.78 is 15.9. The Hall–Kier alpha value is -2.21. The van der Waals surface area contributed by atoms with E-state index in [1.54, 1.807) is 18.2 Å². The van der Waals surface area contributed by atoms with Crippen molar-refractivity contribution in [3.63, 3.8) is 0 Å². The Morgan fingerprint density at radius 1 is 1.25 bits per heavy atom. The minimum absolute atomic E-state index is 0.160. The summed E-state index contributed by atoms with van der Waals surface area (Å²) in [6.45, 7) is 6.11. The minimum Gasteiger partial charge on any atom is -0.493 e. The molecule has 0 saturated carbocycles. The molecule has 28 heavy (non-hydrogen) atoms. The number of likely N-dealkylation sites (tertiary alicyclic amines) is 1. The molecule has 0 unspecified atom stereocenters. The summed E-state index contributed by atoms with van der Waals surface area (Å²) in [7, 11) is 1.52. The molecule has 7 heteroatoms. The second kappa shape index (κ2) is 10.4. The minimum atomic E-state index is -0.588. The van der Waals surface area contributed by atoms with E-state index in [0.717, 1.165) is 19.3 Å². The lowest BCUT2D eigenvalue weighted by Gasteiger charge is -2.38. The fraction of sp³-hybridized carbons (Fsp3) is 0.524. The molecule has 6 nitrogen and oxygen atoms in total. The van der Waals surface area contributed by atoms with Gasteiger partial charge in [-0.05, 0) is 63.8 Å². The van der Waals surface area contributed by atoms with Gasteiger partial charge in [0, 0.05) is 18.2 Å². The molecule has 1 aliphatic rings. The molecular weight excluding hydrogens is 382 g/mol. The van der Waals surface area contributed by atoms with Crippen LogP contribution in [0.1, 0.15) is 45.6 Å². The third-order valence-electron chi connectivity index (χ3n) is 4.77. The molecule has 2 atom stereocenters. The number of carbonyl (C=O) groups is 2. The molecule has 0 spiro atoms. The molecule has 0 radical (unpaired) electrons. The third kappa shape index (κ3) is 5.64. The zero-order valence-corrected chi connectivity index (χ0v) is 17.6. The summed E-state index contributed by atoms with van der Waals surface area (Å²) >= 11 is 6.22. The zero-order chi connectivity index (χ0) is 20.7. The van der Waals surface area contributed by atoms with Crippen LogP contribution < -0.4 is 9.47 Å². The number of hydrogen-bond donors (Lipinski definition) is 0. The van der Waals surface area contributed by atoms with Crippen molar-refractivity contribution < 1.29 is 23.8 Å². The molecule has 1 saturated heterocycles. The summed E-state index contributed by atoms with van der Waals surface area (Å²) in [4.78, 5) is 26.2. The smallest absolute Gasteiger partial charge is 0.331 e. The first-order chi connectivity index (χ1) is 13.4. The summed E-state index contributed by atoms with van der Waals surface area (Å²) in [6.07, 6.45) is 5.89. The first kappa shape index (κ1) is 22.1. The number of ether oxygens (including phenoxy) is 3. The lowest BCUT2D eigenvalue weighted by atomic mass is 9.97. The molecule has 0 aromatic heterocycles. The molecule has 1 heterocycles. The molecule has 154 valence electrons. The number of nitrogens with zero attached hydrogens (tertiary/aromatic N) is 1. The van der Waals surface area contributed by atoms with Gasteiger partial charge in [-0.25, -0.2) is 4.79 Å². The number of piperidine rings is 1. The van der Waals surface area contributed by atoms with Gasteiger partial charge in [0.25, 0.3) is 5.91 Å². The predicted octanol–water partition coefficient (Wildman–Crippen LogP) is 4.09. The highest BCUT2D eigenvalue weighted by atomic mass is 35.5. The van der Waals surface area contributed by atoms with Crippen molar-refractivity contribution in [3.8, 4) is 11.5 Å². The van der Waals surface area contributed by atoms with Gasteiger partial charge >= 0.3 is 5.97 Å². The van der Waals surface area contributed by atoms with Gasteiger partial charge in [-0.15, -0.1) is 0 Å². The van der Waals surface area contributed by atoms with Gasteiger partial charge in [0.2, 0.25) is 0 Å². The Morgan fingerprint density at radius 2 is 1.93 bits per heavy atom. The number of carbonyl (C=O) groups excluding carboxylic acids is 2. The largest absolute Gasteiger partial charge is 0.493 e. The summed E-state index contributed by atoms with van der Waals surface area (Å²) in [5.74, 6) is 0.189. The molecule has 0 N–H and O–H groups in total. The summed E-state index contributed by atoms with van der Waals surface area (Å²) in [5, 5.41) is 0.387. The second-order valence-electron chi connectivity index (χ2n) is 6.84. The number of rotatable bonds is 7. The first-order valence-electron chi connectivity index (χ1n) is 9.53. The molecule has 1 amide bonds. The van der Waals surface area contributed by atoms with Crippen LogP contribution in [-0.4, -0.2) is 49.2 Å². The summed E-state index contributed by atoms with van der Waals surface area (Å²) in [6, 6.07) is 3.72. The van der Waals surface area contributed by atoms with Gasteiger partial charge in [0.1, 0.15) is 0 Å². The van der Waals surface area contributed by atoms with Gasteiger partial charge in [-0.3, -0.25) is 4.79 Å². The van der Waals surface area contributed by atoms with Crippen LogP contribution in [0.25, 0.3) is 6.08 Å². The molecule has 0 bridgehead atoms. The second-order valence-corrected chi connectivity index (χ2v) is 7.25. The number of halogens is 1. The van der Waals surface area contributed by atoms with Crippen LogP contribution in [-0.2, 0) is 14.3 Å². The van der Waals surface area contributed by atoms with Gasteiger partial charge in [-0.1, -0.05) is 11.6 Å². The van der Waals surface area contributed by atoms with Crippen molar-refractivity contribution in [2.75, 3.05) is 20.3 Å². The molecule has 1 aliphatic heterocycles. The highest BCUT2D eigenvalue weighted by molar-refractivity contribution is 6.32. The van der Waals surface area contributed by atoms with Crippen molar-refractivity contribution in [1.29, 1.82) is 0 Å². The fourth-order valence-corrected chi connectivity index (χ4v) is 3.73. The molecule has 1 aromatic carbocycles. The van der Waals surface area contributed by atoms with Crippen LogP contribution in [0.3, 0.4) is 0 Å². The van der Waals surface area contributed by atoms with E-state index >= 15 is 0 Å². The standard InChI is InChI=1S/C21H28ClNO5/c1-5-27-21-17(22)11-16(12-18(21)26-4)9-10-20(25)28-13-19(24)23-14(2)7-6-8-15(23)3/h9-12,14-15H,5-8,13H2,1-4H3/b10-9+/t14-,15-/m0/s1. The van der Waals surface area contributed by atoms with Crippen LogP contribution in [0.4, 0.5) is 0 Å². The van der Waals surface area contributed by atoms with Crippen LogP contribution >= 0.6 is 11.6 Å². The predicted molar refractivity (Wildman–Crippen MR) is 109 cm³/mol. The molecular formula is C21H28ClNO5. The average molecular weight is 410 g/mol. The summed E-state index contributed by atoms with van der Waals surface area (Å²) in [5.41, 5.74) is 0.659. The molecule has 1 aromatic rings. The van der Waals surface area contributed by atoms with Gasteiger partial charge in [0.15, 0.2) is 18.1 Å². The molecule has 2 rings (SSSR count). The normalized spacial score (nSPS) is 19.5. The van der Waals surface area contributed by atoms with E-state index in [4.69, 9.17) is 25.8 Å². The van der Waals surface area contributed by atoms with E-state index < -0.39 is 5.97 Å². The Morgan fingerprint density at radius 3 is 2.54 bits per heavy atom. The number of hydrogen-bond acceptors (Lipinski definition) is 5. The van der Waals surface area contributed by atoms with Crippen molar-refractivity contribution in [1.82, 2.24) is 4.90 Å². The molecule has 1 fully saturated rings. The molecule has 0 aliphatic carbocycles. The van der Waals surface area contributed by atoms with E-state index in [-0.39, 0.29) is 24.6 Å². The van der Waals surface area contributed by atoms with E-state index in [1.807, 2.05) is 25.7 Å². The number of amides is 1. The van der Waals surface area contributed by atoms with Gasteiger partial charge in [0.05, 0.1) is 18.7 Å². The van der Waals surface area contributed by atoms with E-state index in [2.05, 4.69) is 0 Å². The Balaban J connectivity index is 1.96. The van der Waals surface area contributed by atoms with Gasteiger partial charge in [-0.2, -0.15) is 0 Å². The Bertz CT molecular complexity index is 724. The highest BCUT2D eigenvalue weighted by Crippen LogP contribution is 2.36. The quantitative estimate of drug-likeness (QED) is 0.501. The number of benzene rings is 1. The third-order valence-corrected chi connectivity index (χ3v) is 5.05. The lowest BCUT2D eigenvalue weighted by Crippen LogP contribution is -2.49. The monoisotopic (exact) mass is 409 g/mol. The Kier molecular flexibility index (Phi) is 8.18. The van der Waals surface area contributed by atoms with Crippen molar-refractivity contribution in [2.24, 2.45) is 0 Å². The van der Waals surface area contributed by atoms with Crippen molar-refractivity contribution in [3.05, 3.63) is 28.8 Å². The fourth-order valence-electron chi connectivity index (χ4n) is 3.45. The van der Waals surface area contributed by atoms with Crippen molar-refractivity contribution in [2.45, 2.75) is 52.1 Å². The van der Waals surface area contributed by atoms with Gasteiger partial charge < -0.3 is 19.1 Å². The topological polar surface area (TPSA) is 65.1 Å². The zero-order valence-electron chi connectivity index (χ0n) is 16.9. The maximum Gasteiger partial charge on any atom is 0.331 e. The first-order valence-corrected chi connectivity index (χ1v) is 9.91. The van der Waals surface area contributed by atoms with Crippen LogP contribution in [0.5, 0.6) is 11.5 Å².